The van der Waals surface area contributed by atoms with E-state index in [4.69, 9.17) is 23.2 Å². The molecule has 0 radical (unpaired) electrons. The molecule has 2 atom stereocenters. The Hall–Kier alpha value is -0.280. The second-order valence-electron chi connectivity index (χ2n) is 5.17. The number of nitrogens with one attached hydrogen (secondary N) is 1. The minimum Gasteiger partial charge on any atom is -0.310 e. The van der Waals surface area contributed by atoms with Gasteiger partial charge in [0.25, 0.3) is 0 Å². The molecule has 1 N–H and O–H groups in total. The highest BCUT2D eigenvalue weighted by molar-refractivity contribution is 6.35. The summed E-state index contributed by atoms with van der Waals surface area (Å²) in [6.07, 6.45) is 2.40. The third-order valence-corrected chi connectivity index (χ3v) is 4.39. The first-order valence-corrected chi connectivity index (χ1v) is 7.19. The summed E-state index contributed by atoms with van der Waals surface area (Å²) >= 11 is 12.1. The Morgan fingerprint density at radius 1 is 1.39 bits per heavy atom. The van der Waals surface area contributed by atoms with Gasteiger partial charge in [-0.2, -0.15) is 0 Å². The van der Waals surface area contributed by atoms with Crippen LogP contribution in [0, 0.1) is 0 Å². The van der Waals surface area contributed by atoms with Crippen molar-refractivity contribution in [2.45, 2.75) is 38.4 Å². The number of hydrogen-bond acceptors (Lipinski definition) is 2. The number of likely N-dealkylation sites (tertiary alicyclic amines) is 1. The number of halogens is 2. The Labute approximate surface area is 119 Å². The van der Waals surface area contributed by atoms with Crippen molar-refractivity contribution in [3.63, 3.8) is 0 Å². The second kappa shape index (κ2) is 6.25. The number of hydrogen-bond donors (Lipinski definition) is 1. The topological polar surface area (TPSA) is 15.3 Å². The fourth-order valence-corrected chi connectivity index (χ4v) is 2.87. The van der Waals surface area contributed by atoms with Gasteiger partial charge in [-0.1, -0.05) is 29.3 Å². The molecule has 0 bridgehead atoms. The largest absolute Gasteiger partial charge is 0.310 e. The molecule has 1 saturated heterocycles. The van der Waals surface area contributed by atoms with Gasteiger partial charge in [0.15, 0.2) is 0 Å². The Morgan fingerprint density at radius 2 is 2.17 bits per heavy atom. The van der Waals surface area contributed by atoms with Crippen molar-refractivity contribution < 1.29 is 0 Å². The van der Waals surface area contributed by atoms with Crippen molar-refractivity contribution in [1.82, 2.24) is 10.2 Å². The zero-order valence-corrected chi connectivity index (χ0v) is 12.4. The van der Waals surface area contributed by atoms with Crippen molar-refractivity contribution in [2.75, 3.05) is 13.6 Å². The van der Waals surface area contributed by atoms with E-state index < -0.39 is 0 Å². The molecule has 18 heavy (non-hydrogen) atoms. The molecule has 2 nitrogen and oxygen atoms in total. The smallest absolute Gasteiger partial charge is 0.0465 e. The lowest BCUT2D eigenvalue weighted by atomic mass is 9.99. The van der Waals surface area contributed by atoms with Crippen LogP contribution in [0.1, 0.15) is 25.3 Å². The highest BCUT2D eigenvalue weighted by Gasteiger charge is 2.22. The van der Waals surface area contributed by atoms with E-state index in [1.165, 1.54) is 12.8 Å². The van der Waals surface area contributed by atoms with Gasteiger partial charge in [-0.15, -0.1) is 0 Å². The quantitative estimate of drug-likeness (QED) is 0.914. The van der Waals surface area contributed by atoms with Crippen LogP contribution < -0.4 is 5.32 Å². The third kappa shape index (κ3) is 3.61. The highest BCUT2D eigenvalue weighted by atomic mass is 35.5. The first-order chi connectivity index (χ1) is 8.56. The summed E-state index contributed by atoms with van der Waals surface area (Å²) < 4.78 is 0. The maximum absolute atomic E-state index is 6.17. The average Bonchev–Trinajstić information content (AvgIpc) is 2.32. The van der Waals surface area contributed by atoms with Gasteiger partial charge >= 0.3 is 0 Å². The fraction of sp³-hybridized carbons (Fsp3) is 0.571. The Kier molecular flexibility index (Phi) is 4.91. The van der Waals surface area contributed by atoms with Crippen LogP contribution in [0.2, 0.25) is 10.0 Å². The van der Waals surface area contributed by atoms with Gasteiger partial charge in [-0.3, -0.25) is 0 Å². The molecule has 1 heterocycles. The van der Waals surface area contributed by atoms with Crippen LogP contribution in [0.3, 0.4) is 0 Å². The molecule has 4 heteroatoms. The molecule has 100 valence electrons. The van der Waals surface area contributed by atoms with Crippen molar-refractivity contribution in [3.8, 4) is 0 Å². The lowest BCUT2D eigenvalue weighted by molar-refractivity contribution is 0.168. The van der Waals surface area contributed by atoms with Gasteiger partial charge in [-0.25, -0.2) is 0 Å². The lowest BCUT2D eigenvalue weighted by Gasteiger charge is -2.35. The summed E-state index contributed by atoms with van der Waals surface area (Å²) in [4.78, 5) is 2.41. The van der Waals surface area contributed by atoms with Crippen LogP contribution in [0.25, 0.3) is 0 Å². The SMILES string of the molecule is CC1CC(NCc2ccc(Cl)cc2Cl)CCN1C. The first-order valence-electron chi connectivity index (χ1n) is 6.44. The number of rotatable bonds is 3. The molecule has 1 aromatic rings. The van der Waals surface area contributed by atoms with Crippen LogP contribution in [-0.2, 0) is 6.54 Å². The van der Waals surface area contributed by atoms with E-state index in [-0.39, 0.29) is 0 Å². The predicted molar refractivity (Wildman–Crippen MR) is 78.4 cm³/mol. The highest BCUT2D eigenvalue weighted by Crippen LogP contribution is 2.22. The van der Waals surface area contributed by atoms with Crippen LogP contribution in [0.5, 0.6) is 0 Å². The summed E-state index contributed by atoms with van der Waals surface area (Å²) in [6, 6.07) is 6.93. The van der Waals surface area contributed by atoms with E-state index in [1.807, 2.05) is 12.1 Å². The monoisotopic (exact) mass is 286 g/mol. The maximum Gasteiger partial charge on any atom is 0.0465 e. The Balaban J connectivity index is 1.88. The van der Waals surface area contributed by atoms with E-state index in [1.54, 1.807) is 6.07 Å². The van der Waals surface area contributed by atoms with Crippen LogP contribution >= 0.6 is 23.2 Å². The van der Waals surface area contributed by atoms with Gasteiger partial charge in [-0.05, 0) is 51.1 Å². The molecule has 0 aromatic heterocycles. The summed E-state index contributed by atoms with van der Waals surface area (Å²) in [6.45, 7) is 4.26. The summed E-state index contributed by atoms with van der Waals surface area (Å²) in [7, 11) is 2.19. The molecular formula is C14H20Cl2N2. The minimum atomic E-state index is 0.586. The van der Waals surface area contributed by atoms with Crippen molar-refractivity contribution in [3.05, 3.63) is 33.8 Å². The minimum absolute atomic E-state index is 0.586. The van der Waals surface area contributed by atoms with Crippen LogP contribution in [0.15, 0.2) is 18.2 Å². The van der Waals surface area contributed by atoms with Gasteiger partial charge in [0.1, 0.15) is 0 Å². The van der Waals surface area contributed by atoms with Crippen molar-refractivity contribution >= 4 is 23.2 Å². The third-order valence-electron chi connectivity index (χ3n) is 3.80. The Bertz CT molecular complexity index is 409. The zero-order valence-electron chi connectivity index (χ0n) is 10.9. The lowest BCUT2D eigenvalue weighted by Crippen LogP contribution is -2.45. The van der Waals surface area contributed by atoms with Crippen molar-refractivity contribution in [2.24, 2.45) is 0 Å². The molecule has 0 amide bonds. The number of benzene rings is 1. The van der Waals surface area contributed by atoms with E-state index in [9.17, 15) is 0 Å². The standard InChI is InChI=1S/C14H20Cl2N2/c1-10-7-13(5-6-18(10)2)17-9-11-3-4-12(15)8-14(11)16/h3-4,8,10,13,17H,5-7,9H2,1-2H3. The molecule has 2 unspecified atom stereocenters. The van der Waals surface area contributed by atoms with Gasteiger partial charge in [0.05, 0.1) is 0 Å². The summed E-state index contributed by atoms with van der Waals surface area (Å²) in [5.74, 6) is 0. The van der Waals surface area contributed by atoms with E-state index in [0.717, 1.165) is 23.7 Å². The summed E-state index contributed by atoms with van der Waals surface area (Å²) in [5, 5.41) is 5.03. The molecule has 0 spiro atoms. The zero-order chi connectivity index (χ0) is 13.1. The van der Waals surface area contributed by atoms with Crippen molar-refractivity contribution in [1.29, 1.82) is 0 Å². The van der Waals surface area contributed by atoms with E-state index in [2.05, 4.69) is 24.2 Å². The van der Waals surface area contributed by atoms with Gasteiger partial charge in [0.2, 0.25) is 0 Å². The average molecular weight is 287 g/mol. The normalized spacial score (nSPS) is 25.3. The van der Waals surface area contributed by atoms with Crippen LogP contribution in [0.4, 0.5) is 0 Å². The fourth-order valence-electron chi connectivity index (χ4n) is 2.39. The Morgan fingerprint density at radius 3 is 2.83 bits per heavy atom. The molecule has 0 saturated carbocycles. The van der Waals surface area contributed by atoms with Crippen LogP contribution in [-0.4, -0.2) is 30.6 Å². The van der Waals surface area contributed by atoms with E-state index >= 15 is 0 Å². The summed E-state index contributed by atoms with van der Waals surface area (Å²) in [5.41, 5.74) is 1.12. The molecule has 1 aromatic carbocycles. The molecule has 2 rings (SSSR count). The maximum atomic E-state index is 6.17. The molecule has 1 aliphatic heterocycles. The molecule has 1 fully saturated rings. The first kappa shape index (κ1) is 14.1. The van der Waals surface area contributed by atoms with Gasteiger partial charge in [0, 0.05) is 28.7 Å². The molecule has 1 aliphatic rings. The van der Waals surface area contributed by atoms with E-state index in [0.29, 0.717) is 17.1 Å². The number of piperidine rings is 1. The molecular weight excluding hydrogens is 267 g/mol. The number of nitrogens with zero attached hydrogens (tertiary/aromatic N) is 1. The van der Waals surface area contributed by atoms with Gasteiger partial charge < -0.3 is 10.2 Å². The molecule has 0 aliphatic carbocycles. The second-order valence-corrected chi connectivity index (χ2v) is 6.01. The predicted octanol–water partition coefficient (Wildman–Crippen LogP) is 3.57.